The molecule has 0 spiro atoms. The normalized spacial score (nSPS) is 12.3. The maximum absolute atomic E-state index is 12.2. The predicted octanol–water partition coefficient (Wildman–Crippen LogP) is 1.12. The number of aliphatic hydroxyl groups is 2. The van der Waals surface area contributed by atoms with Crippen LogP contribution >= 0.6 is 0 Å². The summed E-state index contributed by atoms with van der Waals surface area (Å²) in [5.74, 6) is -0.159. The topological polar surface area (TPSA) is 60.8 Å². The lowest BCUT2D eigenvalue weighted by Crippen LogP contribution is -2.38. The summed E-state index contributed by atoms with van der Waals surface area (Å²) in [6.07, 6.45) is -0.605. The van der Waals surface area contributed by atoms with Gasteiger partial charge in [0, 0.05) is 18.7 Å². The molecule has 0 fully saturated rings. The number of carbonyl (C=O) groups excluding carboxylic acids is 1. The van der Waals surface area contributed by atoms with Crippen LogP contribution in [0.25, 0.3) is 0 Å². The fourth-order valence-corrected chi connectivity index (χ4v) is 1.77. The van der Waals surface area contributed by atoms with E-state index >= 15 is 0 Å². The molecular formula is C14H21NO3. The van der Waals surface area contributed by atoms with Crippen molar-refractivity contribution in [2.75, 3.05) is 19.7 Å². The third kappa shape index (κ3) is 3.82. The van der Waals surface area contributed by atoms with Crippen molar-refractivity contribution in [3.8, 4) is 0 Å². The molecule has 18 heavy (non-hydrogen) atoms. The van der Waals surface area contributed by atoms with Crippen molar-refractivity contribution in [1.82, 2.24) is 4.90 Å². The van der Waals surface area contributed by atoms with Crippen LogP contribution in [0.1, 0.15) is 28.4 Å². The molecular weight excluding hydrogens is 230 g/mol. The minimum atomic E-state index is -0.605. The molecule has 1 aromatic rings. The highest BCUT2D eigenvalue weighted by Gasteiger charge is 2.17. The SMILES string of the molecule is Cc1ccc(C(=O)N(CCO)CC(C)O)cc1C. The molecule has 0 saturated carbocycles. The van der Waals surface area contributed by atoms with E-state index in [-0.39, 0.29) is 25.6 Å². The third-order valence-electron chi connectivity index (χ3n) is 2.90. The van der Waals surface area contributed by atoms with Crippen LogP contribution in [-0.2, 0) is 0 Å². The van der Waals surface area contributed by atoms with Crippen molar-refractivity contribution < 1.29 is 15.0 Å². The van der Waals surface area contributed by atoms with Gasteiger partial charge in [-0.3, -0.25) is 4.79 Å². The Morgan fingerprint density at radius 3 is 2.50 bits per heavy atom. The number of aliphatic hydroxyl groups excluding tert-OH is 2. The van der Waals surface area contributed by atoms with E-state index < -0.39 is 6.10 Å². The van der Waals surface area contributed by atoms with Crippen LogP contribution in [-0.4, -0.2) is 46.8 Å². The number of rotatable bonds is 5. The number of carbonyl (C=O) groups is 1. The van der Waals surface area contributed by atoms with E-state index in [9.17, 15) is 9.90 Å². The molecule has 100 valence electrons. The summed E-state index contributed by atoms with van der Waals surface area (Å²) in [7, 11) is 0. The van der Waals surface area contributed by atoms with Crippen molar-refractivity contribution in [1.29, 1.82) is 0 Å². The van der Waals surface area contributed by atoms with Crippen molar-refractivity contribution in [3.63, 3.8) is 0 Å². The summed E-state index contributed by atoms with van der Waals surface area (Å²) in [6, 6.07) is 5.52. The van der Waals surface area contributed by atoms with Crippen molar-refractivity contribution in [2.45, 2.75) is 26.9 Å². The first-order chi connectivity index (χ1) is 8.45. The number of hydrogen-bond donors (Lipinski definition) is 2. The highest BCUT2D eigenvalue weighted by Crippen LogP contribution is 2.12. The zero-order valence-corrected chi connectivity index (χ0v) is 11.2. The first-order valence-electron chi connectivity index (χ1n) is 6.11. The lowest BCUT2D eigenvalue weighted by molar-refractivity contribution is 0.0605. The number of hydrogen-bond acceptors (Lipinski definition) is 3. The molecule has 0 aromatic heterocycles. The van der Waals surface area contributed by atoms with Crippen LogP contribution in [0.4, 0.5) is 0 Å². The molecule has 2 N–H and O–H groups in total. The van der Waals surface area contributed by atoms with Crippen molar-refractivity contribution >= 4 is 5.91 Å². The van der Waals surface area contributed by atoms with E-state index in [1.165, 1.54) is 4.90 Å². The standard InChI is InChI=1S/C14H21NO3/c1-10-4-5-13(8-11(10)2)14(18)15(6-7-16)9-12(3)17/h4-5,8,12,16-17H,6-7,9H2,1-3H3. The second-order valence-corrected chi connectivity index (χ2v) is 4.62. The van der Waals surface area contributed by atoms with E-state index in [2.05, 4.69) is 0 Å². The van der Waals surface area contributed by atoms with Crippen LogP contribution < -0.4 is 0 Å². The first kappa shape index (κ1) is 14.7. The molecule has 0 saturated heterocycles. The molecule has 4 nitrogen and oxygen atoms in total. The Hall–Kier alpha value is -1.39. The monoisotopic (exact) mass is 251 g/mol. The summed E-state index contributed by atoms with van der Waals surface area (Å²) < 4.78 is 0. The Bertz CT molecular complexity index is 416. The van der Waals surface area contributed by atoms with Crippen LogP contribution in [0.2, 0.25) is 0 Å². The second kappa shape index (κ2) is 6.52. The largest absolute Gasteiger partial charge is 0.395 e. The molecule has 0 heterocycles. The van der Waals surface area contributed by atoms with Gasteiger partial charge in [0.1, 0.15) is 0 Å². The van der Waals surface area contributed by atoms with Gasteiger partial charge in [0.2, 0.25) is 0 Å². The van der Waals surface area contributed by atoms with E-state index in [1.807, 2.05) is 26.0 Å². The van der Waals surface area contributed by atoms with Gasteiger partial charge in [-0.05, 0) is 44.0 Å². The Morgan fingerprint density at radius 1 is 1.33 bits per heavy atom. The maximum Gasteiger partial charge on any atom is 0.254 e. The molecule has 4 heteroatoms. The van der Waals surface area contributed by atoms with Gasteiger partial charge in [0.15, 0.2) is 0 Å². The average molecular weight is 251 g/mol. The van der Waals surface area contributed by atoms with Crippen LogP contribution in [0.3, 0.4) is 0 Å². The Labute approximate surface area is 108 Å². The van der Waals surface area contributed by atoms with Crippen LogP contribution in [0, 0.1) is 13.8 Å². The van der Waals surface area contributed by atoms with Crippen molar-refractivity contribution in [3.05, 3.63) is 34.9 Å². The quantitative estimate of drug-likeness (QED) is 0.824. The predicted molar refractivity (Wildman–Crippen MR) is 70.6 cm³/mol. The minimum Gasteiger partial charge on any atom is -0.395 e. The van der Waals surface area contributed by atoms with Gasteiger partial charge < -0.3 is 15.1 Å². The van der Waals surface area contributed by atoms with E-state index in [4.69, 9.17) is 5.11 Å². The van der Waals surface area contributed by atoms with E-state index in [1.54, 1.807) is 13.0 Å². The fraction of sp³-hybridized carbons (Fsp3) is 0.500. The molecule has 0 aliphatic rings. The molecule has 0 aliphatic carbocycles. The summed E-state index contributed by atoms with van der Waals surface area (Å²) in [6.45, 7) is 5.92. The molecule has 1 amide bonds. The molecule has 0 radical (unpaired) electrons. The number of benzene rings is 1. The number of aryl methyl sites for hydroxylation is 2. The highest BCUT2D eigenvalue weighted by atomic mass is 16.3. The van der Waals surface area contributed by atoms with Gasteiger partial charge in [0.25, 0.3) is 5.91 Å². The first-order valence-corrected chi connectivity index (χ1v) is 6.11. The Morgan fingerprint density at radius 2 is 2.00 bits per heavy atom. The third-order valence-corrected chi connectivity index (χ3v) is 2.90. The molecule has 0 bridgehead atoms. The Balaban J connectivity index is 2.90. The van der Waals surface area contributed by atoms with Crippen LogP contribution in [0.5, 0.6) is 0 Å². The molecule has 1 rings (SSSR count). The lowest BCUT2D eigenvalue weighted by atomic mass is 10.1. The van der Waals surface area contributed by atoms with Gasteiger partial charge in [-0.25, -0.2) is 0 Å². The van der Waals surface area contributed by atoms with E-state index in [0.717, 1.165) is 11.1 Å². The van der Waals surface area contributed by atoms with Gasteiger partial charge in [-0.15, -0.1) is 0 Å². The molecule has 1 atom stereocenters. The zero-order chi connectivity index (χ0) is 13.7. The maximum atomic E-state index is 12.2. The summed E-state index contributed by atoms with van der Waals surface area (Å²) >= 11 is 0. The average Bonchev–Trinajstić information content (AvgIpc) is 2.31. The van der Waals surface area contributed by atoms with Crippen LogP contribution in [0.15, 0.2) is 18.2 Å². The summed E-state index contributed by atoms with van der Waals surface area (Å²) in [5, 5.41) is 18.3. The lowest BCUT2D eigenvalue weighted by Gasteiger charge is -2.23. The highest BCUT2D eigenvalue weighted by molar-refractivity contribution is 5.94. The van der Waals surface area contributed by atoms with E-state index in [0.29, 0.717) is 5.56 Å². The van der Waals surface area contributed by atoms with Gasteiger partial charge >= 0.3 is 0 Å². The molecule has 1 aromatic carbocycles. The Kier molecular flexibility index (Phi) is 5.31. The minimum absolute atomic E-state index is 0.108. The molecule has 1 unspecified atom stereocenters. The second-order valence-electron chi connectivity index (χ2n) is 4.62. The molecule has 0 aliphatic heterocycles. The summed E-state index contributed by atoms with van der Waals surface area (Å²) in [4.78, 5) is 13.7. The van der Waals surface area contributed by atoms with Crippen molar-refractivity contribution in [2.24, 2.45) is 0 Å². The smallest absolute Gasteiger partial charge is 0.254 e. The fourth-order valence-electron chi connectivity index (χ4n) is 1.77. The van der Waals surface area contributed by atoms with Gasteiger partial charge in [-0.2, -0.15) is 0 Å². The van der Waals surface area contributed by atoms with Gasteiger partial charge in [-0.1, -0.05) is 6.07 Å². The zero-order valence-electron chi connectivity index (χ0n) is 11.2. The number of amides is 1. The number of nitrogens with zero attached hydrogens (tertiary/aromatic N) is 1. The van der Waals surface area contributed by atoms with Gasteiger partial charge in [0.05, 0.1) is 12.7 Å². The summed E-state index contributed by atoms with van der Waals surface area (Å²) in [5.41, 5.74) is 2.78.